The SMILES string of the molecule is Cc1nn(-c2ccc(Br)cc2)c(C)c1C(=O)NCCc1ccc(OC(C)C)cc1. The number of rotatable bonds is 7. The van der Waals surface area contributed by atoms with Crippen LogP contribution in [0.2, 0.25) is 0 Å². The number of hydrogen-bond acceptors (Lipinski definition) is 3. The highest BCUT2D eigenvalue weighted by Crippen LogP contribution is 2.20. The van der Waals surface area contributed by atoms with Gasteiger partial charge in [0, 0.05) is 11.0 Å². The van der Waals surface area contributed by atoms with Crippen LogP contribution < -0.4 is 10.1 Å². The maximum Gasteiger partial charge on any atom is 0.255 e. The summed E-state index contributed by atoms with van der Waals surface area (Å²) in [5, 5.41) is 7.58. The summed E-state index contributed by atoms with van der Waals surface area (Å²) in [5.74, 6) is 0.766. The van der Waals surface area contributed by atoms with E-state index in [4.69, 9.17) is 4.74 Å². The first-order valence-corrected chi connectivity index (χ1v) is 10.5. The van der Waals surface area contributed by atoms with E-state index in [1.165, 1.54) is 0 Å². The van der Waals surface area contributed by atoms with Gasteiger partial charge in [-0.3, -0.25) is 4.79 Å². The van der Waals surface area contributed by atoms with Crippen molar-refractivity contribution in [3.05, 3.63) is 75.5 Å². The third kappa shape index (κ3) is 5.26. The summed E-state index contributed by atoms with van der Waals surface area (Å²) in [5.41, 5.74) is 4.26. The molecule has 3 aromatic rings. The van der Waals surface area contributed by atoms with E-state index in [9.17, 15) is 4.79 Å². The number of carbonyl (C=O) groups excluding carboxylic acids is 1. The first kappa shape index (κ1) is 21.1. The quantitative estimate of drug-likeness (QED) is 0.544. The fraction of sp³-hybridized carbons (Fsp3) is 0.304. The molecule has 5 nitrogen and oxygen atoms in total. The number of halogens is 1. The fourth-order valence-corrected chi connectivity index (χ4v) is 3.48. The Hall–Kier alpha value is -2.60. The zero-order valence-corrected chi connectivity index (χ0v) is 18.8. The third-order valence-corrected chi connectivity index (χ3v) is 5.11. The predicted octanol–water partition coefficient (Wildman–Crippen LogP) is 5.01. The van der Waals surface area contributed by atoms with Gasteiger partial charge in [-0.25, -0.2) is 4.68 Å². The molecule has 0 aliphatic carbocycles. The molecule has 0 fully saturated rings. The van der Waals surface area contributed by atoms with Gasteiger partial charge in [-0.15, -0.1) is 0 Å². The number of hydrogen-bond donors (Lipinski definition) is 1. The second-order valence-electron chi connectivity index (χ2n) is 7.25. The van der Waals surface area contributed by atoms with Crippen LogP contribution in [0.15, 0.2) is 53.0 Å². The van der Waals surface area contributed by atoms with Crippen LogP contribution in [-0.4, -0.2) is 28.3 Å². The Morgan fingerprint density at radius 3 is 2.38 bits per heavy atom. The van der Waals surface area contributed by atoms with Gasteiger partial charge in [0.2, 0.25) is 0 Å². The molecule has 1 N–H and O–H groups in total. The van der Waals surface area contributed by atoms with E-state index in [0.717, 1.165) is 39.3 Å². The highest BCUT2D eigenvalue weighted by molar-refractivity contribution is 9.10. The van der Waals surface area contributed by atoms with Crippen LogP contribution in [0.5, 0.6) is 5.75 Å². The van der Waals surface area contributed by atoms with Crippen LogP contribution in [0.25, 0.3) is 5.69 Å². The van der Waals surface area contributed by atoms with E-state index in [1.54, 1.807) is 0 Å². The average Bonchev–Trinajstić information content (AvgIpc) is 2.97. The first-order valence-electron chi connectivity index (χ1n) is 9.71. The molecule has 0 radical (unpaired) electrons. The Morgan fingerprint density at radius 2 is 1.76 bits per heavy atom. The van der Waals surface area contributed by atoms with E-state index in [-0.39, 0.29) is 12.0 Å². The summed E-state index contributed by atoms with van der Waals surface area (Å²) in [6, 6.07) is 15.9. The van der Waals surface area contributed by atoms with Crippen molar-refractivity contribution in [1.29, 1.82) is 0 Å². The molecule has 29 heavy (non-hydrogen) atoms. The summed E-state index contributed by atoms with van der Waals surface area (Å²) >= 11 is 3.44. The van der Waals surface area contributed by atoms with Crippen LogP contribution >= 0.6 is 15.9 Å². The number of nitrogens with zero attached hydrogens (tertiary/aromatic N) is 2. The minimum Gasteiger partial charge on any atom is -0.491 e. The monoisotopic (exact) mass is 455 g/mol. The molecular weight excluding hydrogens is 430 g/mol. The lowest BCUT2D eigenvalue weighted by atomic mass is 10.1. The summed E-state index contributed by atoms with van der Waals surface area (Å²) in [6.07, 6.45) is 0.914. The lowest BCUT2D eigenvalue weighted by Gasteiger charge is -2.10. The van der Waals surface area contributed by atoms with E-state index < -0.39 is 0 Å². The highest BCUT2D eigenvalue weighted by atomic mass is 79.9. The Morgan fingerprint density at radius 1 is 1.10 bits per heavy atom. The molecule has 1 aromatic heterocycles. The van der Waals surface area contributed by atoms with E-state index in [0.29, 0.717) is 12.1 Å². The average molecular weight is 456 g/mol. The molecular formula is C23H26BrN3O2. The summed E-state index contributed by atoms with van der Waals surface area (Å²) in [4.78, 5) is 12.8. The van der Waals surface area contributed by atoms with Gasteiger partial charge in [-0.2, -0.15) is 5.10 Å². The van der Waals surface area contributed by atoms with Crippen LogP contribution in [0.4, 0.5) is 0 Å². The van der Waals surface area contributed by atoms with Crippen molar-refractivity contribution < 1.29 is 9.53 Å². The smallest absolute Gasteiger partial charge is 0.255 e. The van der Waals surface area contributed by atoms with Gasteiger partial charge in [0.05, 0.1) is 28.7 Å². The van der Waals surface area contributed by atoms with Gasteiger partial charge >= 0.3 is 0 Å². The van der Waals surface area contributed by atoms with Crippen LogP contribution in [0, 0.1) is 13.8 Å². The second kappa shape index (κ2) is 9.27. The van der Waals surface area contributed by atoms with Crippen molar-refractivity contribution in [2.45, 2.75) is 40.2 Å². The fourth-order valence-electron chi connectivity index (χ4n) is 3.22. The molecule has 1 heterocycles. The lowest BCUT2D eigenvalue weighted by molar-refractivity contribution is 0.0953. The van der Waals surface area contributed by atoms with Gasteiger partial charge in [0.15, 0.2) is 0 Å². The zero-order valence-electron chi connectivity index (χ0n) is 17.2. The van der Waals surface area contributed by atoms with Crippen LogP contribution in [-0.2, 0) is 6.42 Å². The molecule has 152 valence electrons. The number of carbonyl (C=O) groups is 1. The maximum absolute atomic E-state index is 12.8. The molecule has 0 bridgehead atoms. The summed E-state index contributed by atoms with van der Waals surface area (Å²) in [6.45, 7) is 8.36. The van der Waals surface area contributed by atoms with Gasteiger partial charge < -0.3 is 10.1 Å². The lowest BCUT2D eigenvalue weighted by Crippen LogP contribution is -2.26. The molecule has 6 heteroatoms. The summed E-state index contributed by atoms with van der Waals surface area (Å²) < 4.78 is 8.47. The number of amides is 1. The highest BCUT2D eigenvalue weighted by Gasteiger charge is 2.19. The number of nitrogens with one attached hydrogen (secondary N) is 1. The van der Waals surface area contributed by atoms with Crippen molar-refractivity contribution in [3.8, 4) is 11.4 Å². The molecule has 2 aromatic carbocycles. The predicted molar refractivity (Wildman–Crippen MR) is 119 cm³/mol. The molecule has 3 rings (SSSR count). The topological polar surface area (TPSA) is 56.2 Å². The zero-order chi connectivity index (χ0) is 21.0. The van der Waals surface area contributed by atoms with Gasteiger partial charge in [0.1, 0.15) is 5.75 Å². The van der Waals surface area contributed by atoms with Crippen LogP contribution in [0.1, 0.15) is 41.2 Å². The van der Waals surface area contributed by atoms with Crippen molar-refractivity contribution in [1.82, 2.24) is 15.1 Å². The van der Waals surface area contributed by atoms with Crippen molar-refractivity contribution in [2.75, 3.05) is 6.54 Å². The second-order valence-corrected chi connectivity index (χ2v) is 8.17. The van der Waals surface area contributed by atoms with E-state index in [1.807, 2.05) is 80.9 Å². The standard InChI is InChI=1S/C23H26BrN3O2/c1-15(2)29-21-11-5-18(6-12-21)13-14-25-23(28)22-16(3)26-27(17(22)4)20-9-7-19(24)8-10-20/h5-12,15H,13-14H2,1-4H3,(H,25,28). The molecule has 1 amide bonds. The number of aromatic nitrogens is 2. The van der Waals surface area contributed by atoms with Crippen LogP contribution in [0.3, 0.4) is 0 Å². The minimum absolute atomic E-state index is 0.0943. The van der Waals surface area contributed by atoms with Crippen molar-refractivity contribution in [2.24, 2.45) is 0 Å². The Labute approximate surface area is 180 Å². The molecule has 0 unspecified atom stereocenters. The van der Waals surface area contributed by atoms with Crippen molar-refractivity contribution >= 4 is 21.8 Å². The largest absolute Gasteiger partial charge is 0.491 e. The normalized spacial score (nSPS) is 11.0. The number of aryl methyl sites for hydroxylation is 1. The molecule has 0 atom stereocenters. The first-order chi connectivity index (χ1) is 13.8. The number of ether oxygens (including phenoxy) is 1. The van der Waals surface area contributed by atoms with Gasteiger partial charge in [-0.1, -0.05) is 28.1 Å². The number of benzene rings is 2. The van der Waals surface area contributed by atoms with Gasteiger partial charge in [0.25, 0.3) is 5.91 Å². The minimum atomic E-state index is -0.0943. The Bertz CT molecular complexity index is 977. The molecule has 0 aliphatic rings. The van der Waals surface area contributed by atoms with E-state index in [2.05, 4.69) is 26.3 Å². The van der Waals surface area contributed by atoms with Crippen molar-refractivity contribution in [3.63, 3.8) is 0 Å². The van der Waals surface area contributed by atoms with Gasteiger partial charge in [-0.05, 0) is 76.1 Å². The maximum atomic E-state index is 12.8. The molecule has 0 aliphatic heterocycles. The molecule has 0 saturated carbocycles. The molecule has 0 saturated heterocycles. The third-order valence-electron chi connectivity index (χ3n) is 4.58. The Kier molecular flexibility index (Phi) is 6.75. The van der Waals surface area contributed by atoms with E-state index >= 15 is 0 Å². The molecule has 0 spiro atoms. The summed E-state index contributed by atoms with van der Waals surface area (Å²) in [7, 11) is 0. The Balaban J connectivity index is 1.63.